The lowest BCUT2D eigenvalue weighted by atomic mass is 9.94. The second-order valence-electron chi connectivity index (χ2n) is 4.34. The number of benzene rings is 1. The van der Waals surface area contributed by atoms with E-state index in [1.165, 1.54) is 6.07 Å². The molecule has 0 aromatic heterocycles. The largest absolute Gasteiger partial charge is 0.396 e. The Bertz CT molecular complexity index is 402. The molecule has 1 aromatic rings. The molecule has 3 nitrogen and oxygen atoms in total. The summed E-state index contributed by atoms with van der Waals surface area (Å²) in [6.45, 7) is 0.933. The zero-order chi connectivity index (χ0) is 12.4. The van der Waals surface area contributed by atoms with Gasteiger partial charge in [0, 0.05) is 30.6 Å². The zero-order valence-electron chi connectivity index (χ0n) is 9.31. The Balaban J connectivity index is 2.14. The molecule has 1 saturated heterocycles. The highest BCUT2D eigenvalue weighted by molar-refractivity contribution is 6.30. The number of aliphatic hydroxyl groups excluding tert-OH is 2. The van der Waals surface area contributed by atoms with E-state index < -0.39 is 6.10 Å². The minimum absolute atomic E-state index is 0.0297. The summed E-state index contributed by atoms with van der Waals surface area (Å²) in [4.78, 5) is 1.78. The Morgan fingerprint density at radius 3 is 2.82 bits per heavy atom. The molecule has 1 aliphatic rings. The first kappa shape index (κ1) is 12.6. The number of nitrogens with zero attached hydrogens (tertiary/aromatic N) is 1. The third-order valence-corrected chi connectivity index (χ3v) is 3.44. The van der Waals surface area contributed by atoms with Crippen LogP contribution in [-0.2, 0) is 0 Å². The van der Waals surface area contributed by atoms with Crippen molar-refractivity contribution in [3.63, 3.8) is 0 Å². The molecule has 1 aromatic carbocycles. The van der Waals surface area contributed by atoms with Gasteiger partial charge < -0.3 is 15.1 Å². The van der Waals surface area contributed by atoms with Gasteiger partial charge in [0.1, 0.15) is 5.82 Å². The molecule has 5 heteroatoms. The van der Waals surface area contributed by atoms with Crippen molar-refractivity contribution in [3.05, 3.63) is 29.0 Å². The first-order chi connectivity index (χ1) is 8.11. The van der Waals surface area contributed by atoms with Crippen LogP contribution in [-0.4, -0.2) is 36.0 Å². The number of hydrogen-bond acceptors (Lipinski definition) is 3. The number of halogens is 2. The number of anilines is 1. The Morgan fingerprint density at radius 1 is 1.47 bits per heavy atom. The molecule has 0 amide bonds. The number of β-amino-alcohol motifs (C(OH)–C–C–N with tert-alkyl or cyclic N) is 1. The van der Waals surface area contributed by atoms with Crippen molar-refractivity contribution in [2.24, 2.45) is 5.92 Å². The van der Waals surface area contributed by atoms with E-state index in [9.17, 15) is 9.50 Å². The third-order valence-electron chi connectivity index (χ3n) is 3.21. The molecule has 0 saturated carbocycles. The van der Waals surface area contributed by atoms with E-state index in [1.807, 2.05) is 0 Å². The van der Waals surface area contributed by atoms with Crippen LogP contribution in [0.25, 0.3) is 0 Å². The molecular formula is C12H15ClFNO2. The fraction of sp³-hybridized carbons (Fsp3) is 0.500. The smallest absolute Gasteiger partial charge is 0.147 e. The van der Waals surface area contributed by atoms with Gasteiger partial charge in [-0.2, -0.15) is 0 Å². The SMILES string of the molecule is OC[C@H]1CCN(c2ccc(Cl)cc2F)C[C@@H]1O. The van der Waals surface area contributed by atoms with Gasteiger partial charge in [0.05, 0.1) is 11.8 Å². The summed E-state index contributed by atoms with van der Waals surface area (Å²) >= 11 is 5.69. The van der Waals surface area contributed by atoms with Crippen molar-refractivity contribution in [3.8, 4) is 0 Å². The lowest BCUT2D eigenvalue weighted by molar-refractivity contribution is 0.0546. The average molecular weight is 260 g/mol. The Morgan fingerprint density at radius 2 is 2.24 bits per heavy atom. The Kier molecular flexibility index (Phi) is 3.86. The highest BCUT2D eigenvalue weighted by Crippen LogP contribution is 2.27. The van der Waals surface area contributed by atoms with E-state index in [1.54, 1.807) is 17.0 Å². The summed E-state index contributed by atoms with van der Waals surface area (Å²) in [5.41, 5.74) is 0.449. The van der Waals surface area contributed by atoms with Crippen LogP contribution in [0.2, 0.25) is 5.02 Å². The fourth-order valence-corrected chi connectivity index (χ4v) is 2.31. The lowest BCUT2D eigenvalue weighted by Gasteiger charge is -2.36. The molecule has 0 radical (unpaired) electrons. The predicted molar refractivity (Wildman–Crippen MR) is 64.8 cm³/mol. The molecule has 0 aliphatic carbocycles. The van der Waals surface area contributed by atoms with Crippen LogP contribution >= 0.6 is 11.6 Å². The van der Waals surface area contributed by atoms with Gasteiger partial charge in [-0.1, -0.05) is 11.6 Å². The van der Waals surface area contributed by atoms with Gasteiger partial charge in [-0.15, -0.1) is 0 Å². The molecule has 0 unspecified atom stereocenters. The van der Waals surface area contributed by atoms with Gasteiger partial charge in [0.25, 0.3) is 0 Å². The minimum atomic E-state index is -0.621. The third kappa shape index (κ3) is 2.70. The van der Waals surface area contributed by atoms with Crippen LogP contribution < -0.4 is 4.90 Å². The highest BCUT2D eigenvalue weighted by atomic mass is 35.5. The topological polar surface area (TPSA) is 43.7 Å². The number of piperidine rings is 1. The van der Waals surface area contributed by atoms with Gasteiger partial charge in [0.15, 0.2) is 0 Å². The molecule has 0 bridgehead atoms. The van der Waals surface area contributed by atoms with E-state index >= 15 is 0 Å². The Labute approximate surface area is 104 Å². The molecule has 2 atom stereocenters. The van der Waals surface area contributed by atoms with Crippen molar-refractivity contribution in [1.29, 1.82) is 0 Å². The molecule has 17 heavy (non-hydrogen) atoms. The standard InChI is InChI=1S/C12H15ClFNO2/c13-9-1-2-11(10(14)5-9)15-4-3-8(7-16)12(17)6-15/h1-2,5,8,12,16-17H,3-4,6-7H2/t8-,12+/m1/s1. The summed E-state index contributed by atoms with van der Waals surface area (Å²) < 4.78 is 13.7. The maximum absolute atomic E-state index is 13.7. The van der Waals surface area contributed by atoms with Crippen LogP contribution in [0, 0.1) is 11.7 Å². The van der Waals surface area contributed by atoms with Crippen molar-refractivity contribution in [1.82, 2.24) is 0 Å². The second-order valence-corrected chi connectivity index (χ2v) is 4.78. The maximum Gasteiger partial charge on any atom is 0.147 e. The summed E-state index contributed by atoms with van der Waals surface area (Å²) in [6.07, 6.45) is 0.0311. The Hall–Kier alpha value is -0.840. The van der Waals surface area contributed by atoms with Crippen molar-refractivity contribution >= 4 is 17.3 Å². The number of rotatable bonds is 2. The normalized spacial score (nSPS) is 25.1. The molecule has 94 valence electrons. The van der Waals surface area contributed by atoms with Crippen LogP contribution in [0.3, 0.4) is 0 Å². The van der Waals surface area contributed by atoms with Gasteiger partial charge in [-0.25, -0.2) is 4.39 Å². The summed E-state index contributed by atoms with van der Waals surface area (Å²) in [7, 11) is 0. The predicted octanol–water partition coefficient (Wildman–Crippen LogP) is 1.66. The molecular weight excluding hydrogens is 245 g/mol. The van der Waals surface area contributed by atoms with Crippen LogP contribution in [0.15, 0.2) is 18.2 Å². The van der Waals surface area contributed by atoms with Gasteiger partial charge in [-0.3, -0.25) is 0 Å². The number of aliphatic hydroxyl groups is 2. The summed E-state index contributed by atoms with van der Waals surface area (Å²) in [5.74, 6) is -0.492. The lowest BCUT2D eigenvalue weighted by Crippen LogP contribution is -2.45. The average Bonchev–Trinajstić information content (AvgIpc) is 2.29. The maximum atomic E-state index is 13.7. The quantitative estimate of drug-likeness (QED) is 0.849. The van der Waals surface area contributed by atoms with E-state index in [0.29, 0.717) is 30.2 Å². The van der Waals surface area contributed by atoms with Crippen molar-refractivity contribution in [2.75, 3.05) is 24.6 Å². The van der Waals surface area contributed by atoms with Crippen LogP contribution in [0.1, 0.15) is 6.42 Å². The van der Waals surface area contributed by atoms with Crippen molar-refractivity contribution < 1.29 is 14.6 Å². The highest BCUT2D eigenvalue weighted by Gasteiger charge is 2.28. The molecule has 2 N–H and O–H groups in total. The van der Waals surface area contributed by atoms with E-state index in [2.05, 4.69) is 0 Å². The molecule has 1 aliphatic heterocycles. The molecule has 1 fully saturated rings. The van der Waals surface area contributed by atoms with E-state index in [0.717, 1.165) is 0 Å². The zero-order valence-corrected chi connectivity index (χ0v) is 10.1. The van der Waals surface area contributed by atoms with E-state index in [-0.39, 0.29) is 18.3 Å². The first-order valence-corrected chi connectivity index (χ1v) is 5.98. The van der Waals surface area contributed by atoms with Gasteiger partial charge >= 0.3 is 0 Å². The monoisotopic (exact) mass is 259 g/mol. The molecule has 1 heterocycles. The summed E-state index contributed by atoms with van der Waals surface area (Å²) in [6, 6.07) is 4.51. The van der Waals surface area contributed by atoms with Gasteiger partial charge in [-0.05, 0) is 24.6 Å². The number of hydrogen-bond donors (Lipinski definition) is 2. The second kappa shape index (κ2) is 5.21. The van der Waals surface area contributed by atoms with Gasteiger partial charge in [0.2, 0.25) is 0 Å². The molecule has 2 rings (SSSR count). The first-order valence-electron chi connectivity index (χ1n) is 5.60. The van der Waals surface area contributed by atoms with Crippen LogP contribution in [0.5, 0.6) is 0 Å². The summed E-state index contributed by atoms with van der Waals surface area (Å²) in [5, 5.41) is 19.2. The molecule has 0 spiro atoms. The fourth-order valence-electron chi connectivity index (χ4n) is 2.15. The van der Waals surface area contributed by atoms with E-state index in [4.69, 9.17) is 16.7 Å². The minimum Gasteiger partial charge on any atom is -0.396 e. The van der Waals surface area contributed by atoms with Crippen LogP contribution in [0.4, 0.5) is 10.1 Å². The van der Waals surface area contributed by atoms with Crippen molar-refractivity contribution in [2.45, 2.75) is 12.5 Å².